The van der Waals surface area contributed by atoms with Gasteiger partial charge in [-0.3, -0.25) is 14.4 Å². The van der Waals surface area contributed by atoms with E-state index in [1.54, 1.807) is 19.1 Å². The average Bonchev–Trinajstić information content (AvgIpc) is 2.61. The van der Waals surface area contributed by atoms with Gasteiger partial charge in [0.1, 0.15) is 0 Å². The van der Waals surface area contributed by atoms with Crippen molar-refractivity contribution in [1.82, 2.24) is 0 Å². The number of hydrogen-bond acceptors (Lipinski definition) is 6. The summed E-state index contributed by atoms with van der Waals surface area (Å²) in [6.45, 7) is 5.81. The second kappa shape index (κ2) is 11.2. The summed E-state index contributed by atoms with van der Waals surface area (Å²) in [5.41, 5.74) is 1.72. The van der Waals surface area contributed by atoms with Gasteiger partial charge in [0.25, 0.3) is 0 Å². The number of Topliss-reactive ketones (excluding diaryl/α,β-unsaturated/α-hetero) is 2. The Balaban J connectivity index is 2.95. The Morgan fingerprint density at radius 1 is 1.04 bits per heavy atom. The predicted octanol–water partition coefficient (Wildman–Crippen LogP) is 4.55. The Labute approximate surface area is 154 Å². The Hall–Kier alpha value is -2.50. The summed E-state index contributed by atoms with van der Waals surface area (Å²) in [5, 5.41) is 3.49. The highest BCUT2D eigenvalue weighted by molar-refractivity contribution is 6.69. The summed E-state index contributed by atoms with van der Waals surface area (Å²) in [6.07, 6.45) is 3.94. The van der Waals surface area contributed by atoms with Crippen molar-refractivity contribution in [2.75, 3.05) is 7.11 Å². The van der Waals surface area contributed by atoms with Crippen LogP contribution in [0, 0.1) is 13.8 Å². The van der Waals surface area contributed by atoms with E-state index in [1.807, 2.05) is 13.0 Å². The molecule has 1 rings (SSSR count). The molecule has 0 atom stereocenters. The van der Waals surface area contributed by atoms with E-state index in [1.165, 1.54) is 0 Å². The van der Waals surface area contributed by atoms with Gasteiger partial charge in [-0.25, -0.2) is 4.79 Å². The summed E-state index contributed by atoms with van der Waals surface area (Å²) in [6, 6.07) is 5.28. The van der Waals surface area contributed by atoms with Gasteiger partial charge in [0.2, 0.25) is 5.78 Å². The lowest BCUT2D eigenvalue weighted by molar-refractivity contribution is -0.113. The maximum absolute atomic E-state index is 12.8. The molecular weight excluding hydrogens is 334 g/mol. The molecule has 6 nitrogen and oxygen atoms in total. The zero-order valence-corrected chi connectivity index (χ0v) is 16.0. The molecule has 0 radical (unpaired) electrons. The maximum atomic E-state index is 12.8. The average molecular weight is 361 g/mol. The van der Waals surface area contributed by atoms with Gasteiger partial charge in [-0.15, -0.1) is 0 Å². The fourth-order valence-corrected chi connectivity index (χ4v) is 2.54. The van der Waals surface area contributed by atoms with Gasteiger partial charge in [0, 0.05) is 12.0 Å². The number of ether oxygens (including phenoxy) is 1. The number of nitrogens with zero attached hydrogens (tertiary/aromatic N) is 1. The zero-order chi connectivity index (χ0) is 19.5. The van der Waals surface area contributed by atoms with Crippen LogP contribution in [0.25, 0.3) is 0 Å². The molecule has 0 saturated carbocycles. The van der Waals surface area contributed by atoms with Crippen molar-refractivity contribution in [3.63, 3.8) is 0 Å². The lowest BCUT2D eigenvalue weighted by Crippen LogP contribution is -2.26. The number of rotatable bonds is 10. The zero-order valence-electron chi connectivity index (χ0n) is 16.0. The van der Waals surface area contributed by atoms with Crippen molar-refractivity contribution >= 4 is 23.4 Å². The number of unbranched alkanes of at least 4 members (excludes halogenated alkanes) is 4. The highest BCUT2D eigenvalue weighted by atomic mass is 16.8. The molecule has 0 aliphatic carbocycles. The van der Waals surface area contributed by atoms with Crippen LogP contribution in [0.4, 0.5) is 4.79 Å². The van der Waals surface area contributed by atoms with E-state index in [9.17, 15) is 14.4 Å². The molecular formula is C20H27NO5. The molecule has 1 aromatic rings. The molecule has 0 bridgehead atoms. The topological polar surface area (TPSA) is 82.0 Å². The highest BCUT2D eigenvalue weighted by Crippen LogP contribution is 2.14. The summed E-state index contributed by atoms with van der Waals surface area (Å²) in [5.74, 6) is -0.986. The molecule has 142 valence electrons. The van der Waals surface area contributed by atoms with Crippen molar-refractivity contribution in [1.29, 1.82) is 0 Å². The van der Waals surface area contributed by atoms with E-state index >= 15 is 0 Å². The van der Waals surface area contributed by atoms with Crippen LogP contribution in [0.15, 0.2) is 23.4 Å². The SMILES string of the molecule is CCCCCCCC(=O)/C(=N\OC(=O)OC)C(=O)c1ccc(C)cc1C. The first-order valence-electron chi connectivity index (χ1n) is 8.88. The number of benzene rings is 1. The number of hydrogen-bond donors (Lipinski definition) is 0. The molecule has 0 saturated heterocycles. The smallest absolute Gasteiger partial charge is 0.436 e. The molecule has 0 aromatic heterocycles. The number of carbonyl (C=O) groups is 3. The van der Waals surface area contributed by atoms with Crippen LogP contribution in [0.3, 0.4) is 0 Å². The van der Waals surface area contributed by atoms with Crippen LogP contribution in [0.1, 0.15) is 66.9 Å². The second-order valence-electron chi connectivity index (χ2n) is 6.22. The Kier molecular flexibility index (Phi) is 9.26. The van der Waals surface area contributed by atoms with Crippen LogP contribution in [-0.4, -0.2) is 30.5 Å². The molecule has 0 heterocycles. The van der Waals surface area contributed by atoms with Crippen LogP contribution in [0.2, 0.25) is 0 Å². The molecule has 0 amide bonds. The van der Waals surface area contributed by atoms with E-state index in [0.29, 0.717) is 12.0 Å². The summed E-state index contributed by atoms with van der Waals surface area (Å²) in [4.78, 5) is 40.9. The van der Waals surface area contributed by atoms with Crippen molar-refractivity contribution in [2.45, 2.75) is 59.3 Å². The third-order valence-electron chi connectivity index (χ3n) is 3.99. The molecule has 0 unspecified atom stereocenters. The monoisotopic (exact) mass is 361 g/mol. The largest absolute Gasteiger partial charge is 0.534 e. The summed E-state index contributed by atoms with van der Waals surface area (Å²) >= 11 is 0. The Morgan fingerprint density at radius 2 is 1.73 bits per heavy atom. The number of carbonyl (C=O) groups excluding carboxylic acids is 3. The number of ketones is 2. The third kappa shape index (κ3) is 6.78. The molecule has 0 fully saturated rings. The number of aryl methyl sites for hydroxylation is 2. The fraction of sp³-hybridized carbons (Fsp3) is 0.500. The fourth-order valence-electron chi connectivity index (χ4n) is 2.54. The van der Waals surface area contributed by atoms with E-state index in [2.05, 4.69) is 21.7 Å². The lowest BCUT2D eigenvalue weighted by Gasteiger charge is -2.08. The normalized spacial score (nSPS) is 11.2. The molecule has 6 heteroatoms. The van der Waals surface area contributed by atoms with Gasteiger partial charge in [-0.2, -0.15) is 0 Å². The van der Waals surface area contributed by atoms with Gasteiger partial charge >= 0.3 is 6.16 Å². The van der Waals surface area contributed by atoms with Crippen LogP contribution >= 0.6 is 0 Å². The van der Waals surface area contributed by atoms with Gasteiger partial charge in [-0.05, 0) is 25.8 Å². The number of oxime groups is 1. The maximum Gasteiger partial charge on any atom is 0.534 e. The van der Waals surface area contributed by atoms with Gasteiger partial charge in [0.15, 0.2) is 11.5 Å². The second-order valence-corrected chi connectivity index (χ2v) is 6.22. The van der Waals surface area contributed by atoms with Crippen molar-refractivity contribution < 1.29 is 24.0 Å². The van der Waals surface area contributed by atoms with E-state index in [0.717, 1.165) is 43.9 Å². The molecule has 0 aliphatic rings. The Bertz CT molecular complexity index is 679. The quantitative estimate of drug-likeness (QED) is 0.116. The minimum absolute atomic E-state index is 0.184. The first kappa shape index (κ1) is 21.5. The Morgan fingerprint density at radius 3 is 2.35 bits per heavy atom. The van der Waals surface area contributed by atoms with E-state index < -0.39 is 17.7 Å². The third-order valence-corrected chi connectivity index (χ3v) is 3.99. The first-order chi connectivity index (χ1) is 12.4. The highest BCUT2D eigenvalue weighted by Gasteiger charge is 2.24. The van der Waals surface area contributed by atoms with Crippen molar-refractivity contribution in [3.05, 3.63) is 34.9 Å². The lowest BCUT2D eigenvalue weighted by atomic mass is 9.96. The van der Waals surface area contributed by atoms with Gasteiger partial charge in [0.05, 0.1) is 7.11 Å². The van der Waals surface area contributed by atoms with E-state index in [4.69, 9.17) is 0 Å². The van der Waals surface area contributed by atoms with Crippen LogP contribution < -0.4 is 0 Å². The standard InChI is InChI=1S/C20H27NO5/c1-5-6-7-8-9-10-17(22)18(21-26-20(24)25-4)19(23)16-12-11-14(2)13-15(16)3/h11-13H,5-10H2,1-4H3/b21-18+. The first-order valence-corrected chi connectivity index (χ1v) is 8.88. The summed E-state index contributed by atoms with van der Waals surface area (Å²) in [7, 11) is 1.12. The molecule has 0 spiro atoms. The van der Waals surface area contributed by atoms with E-state index in [-0.39, 0.29) is 12.1 Å². The van der Waals surface area contributed by atoms with Crippen molar-refractivity contribution in [2.24, 2.45) is 5.16 Å². The van der Waals surface area contributed by atoms with Crippen LogP contribution in [0.5, 0.6) is 0 Å². The minimum Gasteiger partial charge on any atom is -0.436 e. The van der Waals surface area contributed by atoms with Gasteiger partial charge < -0.3 is 4.74 Å². The molecule has 0 aliphatic heterocycles. The number of methoxy groups -OCH3 is 1. The summed E-state index contributed by atoms with van der Waals surface area (Å²) < 4.78 is 4.34. The van der Waals surface area contributed by atoms with Gasteiger partial charge in [-0.1, -0.05) is 61.5 Å². The minimum atomic E-state index is -1.08. The van der Waals surface area contributed by atoms with Crippen molar-refractivity contribution in [3.8, 4) is 0 Å². The molecule has 0 N–H and O–H groups in total. The predicted molar refractivity (Wildman–Crippen MR) is 99.6 cm³/mol. The molecule has 26 heavy (non-hydrogen) atoms. The molecule has 1 aromatic carbocycles. The van der Waals surface area contributed by atoms with Crippen LogP contribution in [-0.2, 0) is 14.4 Å².